The molecule has 0 heterocycles. The van der Waals surface area contributed by atoms with E-state index in [0.29, 0.717) is 17.7 Å². The molecule has 10 heteroatoms. The molecule has 0 bridgehead atoms. The van der Waals surface area contributed by atoms with E-state index in [1.165, 1.54) is 25.2 Å². The molecule has 0 saturated carbocycles. The van der Waals surface area contributed by atoms with Gasteiger partial charge in [0, 0.05) is 12.7 Å². The van der Waals surface area contributed by atoms with Crippen LogP contribution in [0.25, 0.3) is 0 Å². The zero-order valence-corrected chi connectivity index (χ0v) is 19.7. The number of carbonyl (C=O) groups excluding carboxylic acids is 2. The van der Waals surface area contributed by atoms with E-state index in [9.17, 15) is 18.0 Å². The van der Waals surface area contributed by atoms with Crippen LogP contribution >= 0.6 is 23.2 Å². The molecular weight excluding hydrogens is 461 g/mol. The number of hydrogen-bond donors (Lipinski definition) is 3. The second-order valence-corrected chi connectivity index (χ2v) is 9.92. The zero-order chi connectivity index (χ0) is 23.2. The summed E-state index contributed by atoms with van der Waals surface area (Å²) in [6, 6.07) is 9.83. The lowest BCUT2D eigenvalue weighted by Gasteiger charge is -2.19. The molecule has 0 aliphatic rings. The number of anilines is 1. The molecule has 2 aromatic carbocycles. The normalized spacial score (nSPS) is 12.3. The average molecular weight is 486 g/mol. The van der Waals surface area contributed by atoms with Crippen molar-refractivity contribution < 1.29 is 18.0 Å². The van der Waals surface area contributed by atoms with Gasteiger partial charge in [0.2, 0.25) is 11.8 Å². The molecule has 1 atom stereocenters. The third-order valence-corrected chi connectivity index (χ3v) is 6.50. The summed E-state index contributed by atoms with van der Waals surface area (Å²) in [6.07, 6.45) is 0.590. The second kappa shape index (κ2) is 10.8. The van der Waals surface area contributed by atoms with Crippen LogP contribution in [-0.2, 0) is 26.0 Å². The van der Waals surface area contributed by atoms with E-state index in [1.807, 2.05) is 13.8 Å². The Balaban J connectivity index is 2.03. The Kier molecular flexibility index (Phi) is 8.73. The maximum Gasteiger partial charge on any atom is 0.261 e. The molecule has 7 nitrogen and oxygen atoms in total. The van der Waals surface area contributed by atoms with Crippen molar-refractivity contribution in [2.75, 3.05) is 11.8 Å². The van der Waals surface area contributed by atoms with Crippen LogP contribution in [0.5, 0.6) is 0 Å². The van der Waals surface area contributed by atoms with Crippen molar-refractivity contribution in [1.29, 1.82) is 0 Å². The monoisotopic (exact) mass is 485 g/mol. The fourth-order valence-electron chi connectivity index (χ4n) is 2.86. The predicted octanol–water partition coefficient (Wildman–Crippen LogP) is 3.61. The molecule has 0 aromatic heterocycles. The number of benzene rings is 2. The standard InChI is InChI=1S/C21H25Cl2N3O4S/c1-13(2)10-19(21(28)24-3)25-20(27)11-14-4-6-15(7-5-14)26-31(29,30)16-8-9-17(22)18(23)12-16/h4-9,12-13,19,26H,10-11H2,1-3H3,(H,24,28)(H,25,27). The molecule has 0 spiro atoms. The summed E-state index contributed by atoms with van der Waals surface area (Å²) in [6.45, 7) is 3.94. The SMILES string of the molecule is CNC(=O)C(CC(C)C)NC(=O)Cc1ccc(NS(=O)(=O)c2ccc(Cl)c(Cl)c2)cc1. The lowest BCUT2D eigenvalue weighted by Crippen LogP contribution is -2.46. The molecule has 31 heavy (non-hydrogen) atoms. The van der Waals surface area contributed by atoms with E-state index in [1.54, 1.807) is 24.3 Å². The van der Waals surface area contributed by atoms with Gasteiger partial charge in [0.1, 0.15) is 6.04 Å². The van der Waals surface area contributed by atoms with Gasteiger partial charge in [0.15, 0.2) is 0 Å². The summed E-state index contributed by atoms with van der Waals surface area (Å²) in [5, 5.41) is 5.70. The molecule has 2 rings (SSSR count). The van der Waals surface area contributed by atoms with Gasteiger partial charge in [0.05, 0.1) is 21.4 Å². The number of halogens is 2. The van der Waals surface area contributed by atoms with Gasteiger partial charge in [-0.05, 0) is 48.2 Å². The van der Waals surface area contributed by atoms with Gasteiger partial charge < -0.3 is 10.6 Å². The first-order valence-electron chi connectivity index (χ1n) is 9.59. The highest BCUT2D eigenvalue weighted by atomic mass is 35.5. The van der Waals surface area contributed by atoms with Crippen LogP contribution in [0.15, 0.2) is 47.4 Å². The van der Waals surface area contributed by atoms with Crippen molar-refractivity contribution in [1.82, 2.24) is 10.6 Å². The van der Waals surface area contributed by atoms with Crippen LogP contribution in [0, 0.1) is 5.92 Å². The van der Waals surface area contributed by atoms with Crippen LogP contribution in [-0.4, -0.2) is 33.3 Å². The number of hydrogen-bond acceptors (Lipinski definition) is 4. The quantitative estimate of drug-likeness (QED) is 0.504. The minimum absolute atomic E-state index is 0.0178. The van der Waals surface area contributed by atoms with Crippen molar-refractivity contribution in [3.8, 4) is 0 Å². The number of nitrogens with one attached hydrogen (secondary N) is 3. The molecule has 3 N–H and O–H groups in total. The average Bonchev–Trinajstić information content (AvgIpc) is 2.69. The number of sulfonamides is 1. The fraction of sp³-hybridized carbons (Fsp3) is 0.333. The molecule has 2 amide bonds. The Morgan fingerprint density at radius 2 is 1.65 bits per heavy atom. The topological polar surface area (TPSA) is 104 Å². The van der Waals surface area contributed by atoms with E-state index in [4.69, 9.17) is 23.2 Å². The Morgan fingerprint density at radius 3 is 2.19 bits per heavy atom. The highest BCUT2D eigenvalue weighted by Crippen LogP contribution is 2.26. The molecule has 0 fully saturated rings. The first kappa shape index (κ1) is 25.0. The molecule has 0 saturated heterocycles. The third kappa shape index (κ3) is 7.41. The first-order valence-corrected chi connectivity index (χ1v) is 11.8. The van der Waals surface area contributed by atoms with Gasteiger partial charge in [-0.15, -0.1) is 0 Å². The summed E-state index contributed by atoms with van der Waals surface area (Å²) in [5.41, 5.74) is 1.01. The largest absolute Gasteiger partial charge is 0.357 e. The number of rotatable bonds is 9. The minimum atomic E-state index is -3.85. The van der Waals surface area contributed by atoms with Crippen molar-refractivity contribution in [3.05, 3.63) is 58.1 Å². The van der Waals surface area contributed by atoms with E-state index in [-0.39, 0.29) is 39.1 Å². The summed E-state index contributed by atoms with van der Waals surface area (Å²) >= 11 is 11.7. The summed E-state index contributed by atoms with van der Waals surface area (Å²) in [5.74, 6) is -0.294. The lowest BCUT2D eigenvalue weighted by molar-refractivity contribution is -0.128. The van der Waals surface area contributed by atoms with Gasteiger partial charge in [0.25, 0.3) is 10.0 Å². The summed E-state index contributed by atoms with van der Waals surface area (Å²) in [4.78, 5) is 24.3. The number of amides is 2. The number of likely N-dealkylation sites (N-methyl/N-ethyl adjacent to an activating group) is 1. The van der Waals surface area contributed by atoms with Crippen molar-refractivity contribution in [2.45, 2.75) is 37.6 Å². The van der Waals surface area contributed by atoms with E-state index in [0.717, 1.165) is 0 Å². The zero-order valence-electron chi connectivity index (χ0n) is 17.4. The van der Waals surface area contributed by atoms with E-state index < -0.39 is 16.1 Å². The van der Waals surface area contributed by atoms with Gasteiger partial charge in [-0.25, -0.2) is 8.42 Å². The van der Waals surface area contributed by atoms with Crippen LogP contribution < -0.4 is 15.4 Å². The Bertz CT molecular complexity index is 1040. The summed E-state index contributed by atoms with van der Waals surface area (Å²) < 4.78 is 27.5. The Labute approximate surface area is 192 Å². The predicted molar refractivity (Wildman–Crippen MR) is 123 cm³/mol. The van der Waals surface area contributed by atoms with Crippen LogP contribution in [0.4, 0.5) is 5.69 Å². The molecule has 0 aliphatic carbocycles. The molecule has 2 aromatic rings. The van der Waals surface area contributed by atoms with Crippen molar-refractivity contribution in [3.63, 3.8) is 0 Å². The van der Waals surface area contributed by atoms with E-state index in [2.05, 4.69) is 15.4 Å². The van der Waals surface area contributed by atoms with Gasteiger partial charge in [-0.1, -0.05) is 49.2 Å². The van der Waals surface area contributed by atoms with Gasteiger partial charge in [-0.2, -0.15) is 0 Å². The highest BCUT2D eigenvalue weighted by molar-refractivity contribution is 7.92. The van der Waals surface area contributed by atoms with Crippen LogP contribution in [0.2, 0.25) is 10.0 Å². The molecule has 1 unspecified atom stereocenters. The number of carbonyl (C=O) groups is 2. The maximum atomic E-state index is 12.5. The third-order valence-electron chi connectivity index (χ3n) is 4.38. The molecular formula is C21H25Cl2N3O4S. The van der Waals surface area contributed by atoms with Crippen molar-refractivity contribution >= 4 is 50.7 Å². The second-order valence-electron chi connectivity index (χ2n) is 7.42. The van der Waals surface area contributed by atoms with Crippen molar-refractivity contribution in [2.24, 2.45) is 5.92 Å². The Hall–Kier alpha value is -2.29. The van der Waals surface area contributed by atoms with Gasteiger partial charge in [-0.3, -0.25) is 14.3 Å². The smallest absolute Gasteiger partial charge is 0.261 e. The maximum absolute atomic E-state index is 12.5. The molecule has 0 radical (unpaired) electrons. The van der Waals surface area contributed by atoms with Crippen LogP contribution in [0.1, 0.15) is 25.8 Å². The highest BCUT2D eigenvalue weighted by Gasteiger charge is 2.21. The van der Waals surface area contributed by atoms with Gasteiger partial charge >= 0.3 is 0 Å². The molecule has 168 valence electrons. The van der Waals surface area contributed by atoms with Crippen LogP contribution in [0.3, 0.4) is 0 Å². The molecule has 0 aliphatic heterocycles. The summed E-state index contributed by atoms with van der Waals surface area (Å²) in [7, 11) is -2.32. The minimum Gasteiger partial charge on any atom is -0.357 e. The Morgan fingerprint density at radius 1 is 1.00 bits per heavy atom. The first-order chi connectivity index (χ1) is 14.5. The van der Waals surface area contributed by atoms with E-state index >= 15 is 0 Å². The lowest BCUT2D eigenvalue weighted by atomic mass is 10.0. The fourth-order valence-corrected chi connectivity index (χ4v) is 4.30.